The van der Waals surface area contributed by atoms with Crippen LogP contribution in [0.2, 0.25) is 0 Å². The molecule has 37 heavy (non-hydrogen) atoms. The van der Waals surface area contributed by atoms with Gasteiger partial charge in [0.2, 0.25) is 0 Å². The van der Waals surface area contributed by atoms with Crippen molar-refractivity contribution >= 4 is 0 Å². The Labute approximate surface area is 219 Å². The van der Waals surface area contributed by atoms with E-state index in [9.17, 15) is 20.4 Å². The third kappa shape index (κ3) is 8.40. The molecule has 4 N–H and O–H groups in total. The van der Waals surface area contributed by atoms with Gasteiger partial charge in [-0.15, -0.1) is 0 Å². The maximum absolute atomic E-state index is 10.9. The summed E-state index contributed by atoms with van der Waals surface area (Å²) in [6.45, 7) is 3.53. The fraction of sp³-hybridized carbons (Fsp3) is 0.586. The van der Waals surface area contributed by atoms with Crippen LogP contribution in [0.3, 0.4) is 0 Å². The highest BCUT2D eigenvalue weighted by Crippen LogP contribution is 2.35. The Morgan fingerprint density at radius 1 is 0.649 bits per heavy atom. The average Bonchev–Trinajstić information content (AvgIpc) is 3.24. The van der Waals surface area contributed by atoms with Crippen LogP contribution in [-0.4, -0.2) is 64.8 Å². The molecule has 206 valence electrons. The predicted molar refractivity (Wildman–Crippen MR) is 139 cm³/mol. The summed E-state index contributed by atoms with van der Waals surface area (Å²) in [4.78, 5) is 0. The molecule has 0 saturated carbocycles. The summed E-state index contributed by atoms with van der Waals surface area (Å²) in [5.74, 6) is 0.530. The van der Waals surface area contributed by atoms with Crippen LogP contribution in [0.15, 0.2) is 48.5 Å². The monoisotopic (exact) mass is 518 g/mol. The minimum Gasteiger partial charge on any atom is -0.497 e. The van der Waals surface area contributed by atoms with E-state index in [0.717, 1.165) is 22.6 Å². The van der Waals surface area contributed by atoms with Gasteiger partial charge in [0.1, 0.15) is 23.7 Å². The first-order valence-electron chi connectivity index (χ1n) is 13.0. The van der Waals surface area contributed by atoms with Crippen LogP contribution in [-0.2, 0) is 9.47 Å². The molecule has 4 unspecified atom stereocenters. The molecule has 1 fully saturated rings. The van der Waals surface area contributed by atoms with Crippen LogP contribution in [0.4, 0.5) is 0 Å². The van der Waals surface area contributed by atoms with Crippen molar-refractivity contribution in [2.45, 2.75) is 94.8 Å². The molecule has 8 nitrogen and oxygen atoms in total. The van der Waals surface area contributed by atoms with Crippen molar-refractivity contribution in [1.82, 2.24) is 0 Å². The van der Waals surface area contributed by atoms with Crippen LogP contribution >= 0.6 is 0 Å². The van der Waals surface area contributed by atoms with Crippen molar-refractivity contribution in [2.24, 2.45) is 0 Å². The van der Waals surface area contributed by atoms with Crippen molar-refractivity contribution in [1.29, 1.82) is 0 Å². The Morgan fingerprint density at radius 3 is 1.32 bits per heavy atom. The summed E-state index contributed by atoms with van der Waals surface area (Å²) in [5.41, 5.74) is 1.59. The van der Waals surface area contributed by atoms with Gasteiger partial charge in [-0.2, -0.15) is 0 Å². The molecular formula is C29H42O8. The van der Waals surface area contributed by atoms with Gasteiger partial charge in [-0.25, -0.2) is 0 Å². The van der Waals surface area contributed by atoms with Gasteiger partial charge in [0.15, 0.2) is 5.79 Å². The third-order valence-electron chi connectivity index (χ3n) is 6.88. The number of ether oxygens (including phenoxy) is 4. The van der Waals surface area contributed by atoms with E-state index in [1.54, 1.807) is 52.3 Å². The molecule has 0 bridgehead atoms. The summed E-state index contributed by atoms with van der Waals surface area (Å²) in [6.07, 6.45) is -1.45. The van der Waals surface area contributed by atoms with Gasteiger partial charge in [0.25, 0.3) is 0 Å². The zero-order valence-corrected chi connectivity index (χ0v) is 22.2. The number of hydrogen-bond acceptors (Lipinski definition) is 8. The van der Waals surface area contributed by atoms with E-state index in [-0.39, 0.29) is 0 Å². The smallest absolute Gasteiger partial charge is 0.164 e. The van der Waals surface area contributed by atoms with Crippen LogP contribution < -0.4 is 9.47 Å². The number of methoxy groups -OCH3 is 2. The van der Waals surface area contributed by atoms with E-state index in [1.807, 2.05) is 24.3 Å². The van der Waals surface area contributed by atoms with Gasteiger partial charge in [0, 0.05) is 0 Å². The molecule has 0 amide bonds. The van der Waals surface area contributed by atoms with Gasteiger partial charge in [-0.3, -0.25) is 0 Å². The largest absolute Gasteiger partial charge is 0.497 e. The van der Waals surface area contributed by atoms with Gasteiger partial charge in [-0.05, 0) is 87.8 Å². The standard InChI is InChI=1S/C29H42O8/c1-29(2)36-27(25(32)9-5-7-23(30)19-11-15-21(34-3)16-12-19)28(37-29)26(33)10-6-8-24(31)20-13-17-22(35-4)18-14-20/h11-18,23-28,30-33H,5-10H2,1-4H3/t23?,24?,25-,26-,27?,28?/m1/s1. The maximum atomic E-state index is 10.9. The lowest BCUT2D eigenvalue weighted by atomic mass is 9.94. The number of benzene rings is 2. The maximum Gasteiger partial charge on any atom is 0.164 e. The summed E-state index contributed by atoms with van der Waals surface area (Å²) in [6, 6.07) is 14.5. The molecule has 1 saturated heterocycles. The average molecular weight is 519 g/mol. The molecule has 0 spiro atoms. The second kappa shape index (κ2) is 13.6. The Morgan fingerprint density at radius 2 is 1.00 bits per heavy atom. The van der Waals surface area contributed by atoms with Crippen LogP contribution in [0.25, 0.3) is 0 Å². The zero-order valence-electron chi connectivity index (χ0n) is 22.2. The fourth-order valence-corrected chi connectivity index (χ4v) is 4.77. The molecule has 3 rings (SSSR count). The SMILES string of the molecule is COc1ccc(C(O)CCC[C@@H](O)C2OC(C)(C)OC2[C@H](O)CCCC(O)c2ccc(OC)cc2)cc1. The number of aliphatic hydroxyl groups is 4. The summed E-state index contributed by atoms with van der Waals surface area (Å²) in [7, 11) is 3.19. The molecule has 1 aliphatic heterocycles. The molecular weight excluding hydrogens is 476 g/mol. The fourth-order valence-electron chi connectivity index (χ4n) is 4.77. The first-order chi connectivity index (χ1) is 17.6. The number of aliphatic hydroxyl groups excluding tert-OH is 4. The minimum atomic E-state index is -0.928. The van der Waals surface area contributed by atoms with Crippen LogP contribution in [0, 0.1) is 0 Å². The molecule has 8 heteroatoms. The van der Waals surface area contributed by atoms with E-state index >= 15 is 0 Å². The van der Waals surface area contributed by atoms with Gasteiger partial charge >= 0.3 is 0 Å². The molecule has 1 aliphatic rings. The summed E-state index contributed by atoms with van der Waals surface area (Å²) >= 11 is 0. The summed E-state index contributed by atoms with van der Waals surface area (Å²) in [5, 5.41) is 42.8. The molecule has 1 heterocycles. The Bertz CT molecular complexity index is 854. The summed E-state index contributed by atoms with van der Waals surface area (Å²) < 4.78 is 22.2. The first kappa shape index (κ1) is 29.4. The number of hydrogen-bond donors (Lipinski definition) is 4. The van der Waals surface area contributed by atoms with E-state index in [1.165, 1.54) is 0 Å². The zero-order chi connectivity index (χ0) is 27.0. The van der Waals surface area contributed by atoms with E-state index in [0.29, 0.717) is 38.5 Å². The van der Waals surface area contributed by atoms with Gasteiger partial charge < -0.3 is 39.4 Å². The molecule has 0 radical (unpaired) electrons. The highest BCUT2D eigenvalue weighted by molar-refractivity contribution is 5.29. The third-order valence-corrected chi connectivity index (χ3v) is 6.88. The van der Waals surface area contributed by atoms with Crippen molar-refractivity contribution in [3.8, 4) is 11.5 Å². The molecule has 6 atom stereocenters. The first-order valence-corrected chi connectivity index (χ1v) is 13.0. The van der Waals surface area contributed by atoms with Gasteiger partial charge in [0.05, 0.1) is 38.6 Å². The van der Waals surface area contributed by atoms with Crippen molar-refractivity contribution in [3.63, 3.8) is 0 Å². The quantitative estimate of drug-likeness (QED) is 0.296. The highest BCUT2D eigenvalue weighted by Gasteiger charge is 2.47. The van der Waals surface area contributed by atoms with Crippen LogP contribution in [0.1, 0.15) is 75.7 Å². The Balaban J connectivity index is 1.47. The predicted octanol–water partition coefficient (Wildman–Crippen LogP) is 4.05. The normalized spacial score (nSPS) is 22.3. The molecule has 2 aromatic rings. The highest BCUT2D eigenvalue weighted by atomic mass is 16.8. The van der Waals surface area contributed by atoms with Crippen molar-refractivity contribution in [2.75, 3.05) is 14.2 Å². The topological polar surface area (TPSA) is 118 Å². The molecule has 2 aromatic carbocycles. The lowest BCUT2D eigenvalue weighted by molar-refractivity contribution is -0.161. The lowest BCUT2D eigenvalue weighted by Gasteiger charge is -2.26. The number of rotatable bonds is 14. The molecule has 0 aliphatic carbocycles. The van der Waals surface area contributed by atoms with E-state index in [2.05, 4.69) is 0 Å². The van der Waals surface area contributed by atoms with Crippen molar-refractivity contribution < 1.29 is 39.4 Å². The lowest BCUT2D eigenvalue weighted by Crippen LogP contribution is -2.42. The van der Waals surface area contributed by atoms with E-state index in [4.69, 9.17) is 18.9 Å². The second-order valence-corrected chi connectivity index (χ2v) is 10.1. The van der Waals surface area contributed by atoms with Crippen LogP contribution in [0.5, 0.6) is 11.5 Å². The van der Waals surface area contributed by atoms with Gasteiger partial charge in [-0.1, -0.05) is 24.3 Å². The Kier molecular flexibility index (Phi) is 10.8. The van der Waals surface area contributed by atoms with E-state index < -0.39 is 42.4 Å². The molecule has 0 aromatic heterocycles. The Hall–Kier alpha value is -2.20. The van der Waals surface area contributed by atoms with Crippen molar-refractivity contribution in [3.05, 3.63) is 59.7 Å². The minimum absolute atomic E-state index is 0.400. The second-order valence-electron chi connectivity index (χ2n) is 10.1.